The van der Waals surface area contributed by atoms with Crippen molar-refractivity contribution in [2.24, 2.45) is 0 Å². The highest BCUT2D eigenvalue weighted by Gasteiger charge is 2.15. The molecule has 1 amide bonds. The summed E-state index contributed by atoms with van der Waals surface area (Å²) in [5.41, 5.74) is 0.308. The number of nitrogens with one attached hydrogen (secondary N) is 1. The van der Waals surface area contributed by atoms with Crippen molar-refractivity contribution < 1.29 is 18.3 Å². The Balaban J connectivity index is 2.77. The standard InChI is InChI=1S/C11H8ClNO4S/c12-18(16,17)10-6-2-3-7-8(10)4-1-5-9(7)13-11(14)15/h1-6,13H,(H,14,15). The normalized spacial score (nSPS) is 11.4. The van der Waals surface area contributed by atoms with Crippen LogP contribution in [0, 0.1) is 0 Å². The summed E-state index contributed by atoms with van der Waals surface area (Å²) in [6.45, 7) is 0. The summed E-state index contributed by atoms with van der Waals surface area (Å²) in [6.07, 6.45) is -1.22. The third-order valence-electron chi connectivity index (χ3n) is 2.39. The van der Waals surface area contributed by atoms with Crippen molar-refractivity contribution >= 4 is 42.3 Å². The maximum Gasteiger partial charge on any atom is 0.409 e. The second-order valence-corrected chi connectivity index (χ2v) is 6.06. The molecule has 0 saturated heterocycles. The Hall–Kier alpha value is -1.79. The maximum atomic E-state index is 11.4. The van der Waals surface area contributed by atoms with Gasteiger partial charge in [0.05, 0.1) is 10.6 Å². The van der Waals surface area contributed by atoms with Gasteiger partial charge in [-0.1, -0.05) is 24.3 Å². The van der Waals surface area contributed by atoms with Gasteiger partial charge in [-0.05, 0) is 12.1 Å². The van der Waals surface area contributed by atoms with E-state index in [2.05, 4.69) is 5.32 Å². The van der Waals surface area contributed by atoms with Crippen LogP contribution in [0.3, 0.4) is 0 Å². The Morgan fingerprint density at radius 3 is 2.33 bits per heavy atom. The van der Waals surface area contributed by atoms with Gasteiger partial charge < -0.3 is 5.11 Å². The van der Waals surface area contributed by atoms with Gasteiger partial charge in [-0.25, -0.2) is 13.2 Å². The molecular formula is C11H8ClNO4S. The van der Waals surface area contributed by atoms with Crippen molar-refractivity contribution in [1.29, 1.82) is 0 Å². The Morgan fingerprint density at radius 1 is 1.11 bits per heavy atom. The first-order valence-electron chi connectivity index (χ1n) is 4.86. The van der Waals surface area contributed by atoms with Crippen LogP contribution in [-0.2, 0) is 9.05 Å². The summed E-state index contributed by atoms with van der Waals surface area (Å²) in [5, 5.41) is 11.8. The zero-order valence-corrected chi connectivity index (χ0v) is 10.5. The molecule has 2 rings (SSSR count). The number of amides is 1. The zero-order chi connectivity index (χ0) is 13.3. The quantitative estimate of drug-likeness (QED) is 0.831. The summed E-state index contributed by atoms with van der Waals surface area (Å²) in [7, 11) is 1.45. The molecular weight excluding hydrogens is 278 g/mol. The minimum atomic E-state index is -3.88. The molecule has 0 bridgehead atoms. The fourth-order valence-electron chi connectivity index (χ4n) is 1.72. The number of anilines is 1. The van der Waals surface area contributed by atoms with E-state index in [-0.39, 0.29) is 4.90 Å². The summed E-state index contributed by atoms with van der Waals surface area (Å²) in [4.78, 5) is 10.6. The van der Waals surface area contributed by atoms with Gasteiger partial charge in [-0.2, -0.15) is 0 Å². The van der Waals surface area contributed by atoms with Crippen LogP contribution in [0.2, 0.25) is 0 Å². The third-order valence-corrected chi connectivity index (χ3v) is 3.77. The molecule has 0 fully saturated rings. The Labute approximate surface area is 107 Å². The van der Waals surface area contributed by atoms with Gasteiger partial charge in [0.2, 0.25) is 0 Å². The van der Waals surface area contributed by atoms with Crippen LogP contribution in [0.1, 0.15) is 0 Å². The van der Waals surface area contributed by atoms with E-state index in [1.165, 1.54) is 12.1 Å². The molecule has 0 spiro atoms. The average Bonchev–Trinajstić information content (AvgIpc) is 2.26. The van der Waals surface area contributed by atoms with Crippen LogP contribution in [0.25, 0.3) is 10.8 Å². The number of benzene rings is 2. The molecule has 2 N–H and O–H groups in total. The number of carboxylic acid groups (broad SMARTS) is 1. The van der Waals surface area contributed by atoms with Gasteiger partial charge in [0.15, 0.2) is 0 Å². The fraction of sp³-hybridized carbons (Fsp3) is 0. The topological polar surface area (TPSA) is 83.5 Å². The number of fused-ring (bicyclic) bond motifs is 1. The molecule has 2 aromatic rings. The first-order chi connectivity index (χ1) is 8.39. The predicted molar refractivity (Wildman–Crippen MR) is 68.6 cm³/mol. The lowest BCUT2D eigenvalue weighted by molar-refractivity contribution is 0.210. The Kier molecular flexibility index (Phi) is 3.14. The van der Waals surface area contributed by atoms with Crippen LogP contribution in [-0.4, -0.2) is 19.6 Å². The van der Waals surface area contributed by atoms with E-state index in [0.29, 0.717) is 16.5 Å². The van der Waals surface area contributed by atoms with Gasteiger partial charge in [0.25, 0.3) is 9.05 Å². The van der Waals surface area contributed by atoms with Crippen molar-refractivity contribution in [3.63, 3.8) is 0 Å². The molecule has 94 valence electrons. The van der Waals surface area contributed by atoms with Gasteiger partial charge in [0.1, 0.15) is 0 Å². The van der Waals surface area contributed by atoms with Gasteiger partial charge in [-0.15, -0.1) is 0 Å². The monoisotopic (exact) mass is 285 g/mol. The second kappa shape index (κ2) is 4.47. The molecule has 2 aromatic carbocycles. The van der Waals surface area contributed by atoms with Gasteiger partial charge in [0, 0.05) is 21.5 Å². The number of carbonyl (C=O) groups is 1. The van der Waals surface area contributed by atoms with Crippen LogP contribution in [0.5, 0.6) is 0 Å². The van der Waals surface area contributed by atoms with Crippen LogP contribution >= 0.6 is 10.7 Å². The fourth-order valence-corrected chi connectivity index (χ4v) is 2.80. The number of rotatable bonds is 2. The van der Waals surface area contributed by atoms with E-state index in [4.69, 9.17) is 15.8 Å². The van der Waals surface area contributed by atoms with Gasteiger partial charge in [-0.3, -0.25) is 5.32 Å². The maximum absolute atomic E-state index is 11.4. The first-order valence-corrected chi connectivity index (χ1v) is 7.17. The van der Waals surface area contributed by atoms with Crippen LogP contribution in [0.4, 0.5) is 10.5 Å². The summed E-state index contributed by atoms with van der Waals surface area (Å²) >= 11 is 0. The second-order valence-electron chi connectivity index (χ2n) is 3.52. The van der Waals surface area contributed by atoms with Gasteiger partial charge >= 0.3 is 6.09 Å². The molecule has 0 atom stereocenters. The van der Waals surface area contributed by atoms with Crippen molar-refractivity contribution in [3.05, 3.63) is 36.4 Å². The molecule has 0 aliphatic heterocycles. The number of hydrogen-bond acceptors (Lipinski definition) is 3. The molecule has 0 aromatic heterocycles. The number of hydrogen-bond donors (Lipinski definition) is 2. The van der Waals surface area contributed by atoms with E-state index in [0.717, 1.165) is 0 Å². The van der Waals surface area contributed by atoms with E-state index in [1.54, 1.807) is 24.3 Å². The van der Waals surface area contributed by atoms with Crippen LogP contribution < -0.4 is 5.32 Å². The van der Waals surface area contributed by atoms with E-state index >= 15 is 0 Å². The average molecular weight is 286 g/mol. The minimum Gasteiger partial charge on any atom is -0.465 e. The van der Waals surface area contributed by atoms with Crippen molar-refractivity contribution in [3.8, 4) is 0 Å². The van der Waals surface area contributed by atoms with E-state index in [9.17, 15) is 13.2 Å². The smallest absolute Gasteiger partial charge is 0.409 e. The van der Waals surface area contributed by atoms with Crippen molar-refractivity contribution in [1.82, 2.24) is 0 Å². The lowest BCUT2D eigenvalue weighted by atomic mass is 10.1. The summed E-state index contributed by atoms with van der Waals surface area (Å²) < 4.78 is 22.8. The predicted octanol–water partition coefficient (Wildman–Crippen LogP) is 2.86. The lowest BCUT2D eigenvalue weighted by Gasteiger charge is -2.08. The molecule has 0 heterocycles. The number of halogens is 1. The van der Waals surface area contributed by atoms with E-state index < -0.39 is 15.1 Å². The van der Waals surface area contributed by atoms with E-state index in [1.807, 2.05) is 0 Å². The molecule has 0 aliphatic carbocycles. The molecule has 18 heavy (non-hydrogen) atoms. The van der Waals surface area contributed by atoms with Crippen molar-refractivity contribution in [2.45, 2.75) is 4.90 Å². The first kappa shape index (κ1) is 12.7. The Morgan fingerprint density at radius 2 is 1.72 bits per heavy atom. The largest absolute Gasteiger partial charge is 0.465 e. The molecule has 0 unspecified atom stereocenters. The SMILES string of the molecule is O=C(O)Nc1cccc2c(S(=O)(=O)Cl)cccc12. The lowest BCUT2D eigenvalue weighted by Crippen LogP contribution is -2.07. The third kappa shape index (κ3) is 2.39. The molecule has 0 radical (unpaired) electrons. The van der Waals surface area contributed by atoms with Crippen LogP contribution in [0.15, 0.2) is 41.3 Å². The summed E-state index contributed by atoms with van der Waals surface area (Å²) in [5.74, 6) is 0. The molecule has 0 saturated carbocycles. The highest BCUT2D eigenvalue weighted by molar-refractivity contribution is 8.14. The summed E-state index contributed by atoms with van der Waals surface area (Å²) in [6, 6.07) is 9.16. The molecule has 0 aliphatic rings. The molecule has 7 heteroatoms. The zero-order valence-electron chi connectivity index (χ0n) is 8.92. The Bertz CT molecular complexity index is 727. The highest BCUT2D eigenvalue weighted by Crippen LogP contribution is 2.30. The minimum absolute atomic E-state index is 0.0456. The van der Waals surface area contributed by atoms with Crippen molar-refractivity contribution in [2.75, 3.05) is 5.32 Å². The highest BCUT2D eigenvalue weighted by atomic mass is 35.7. The molecule has 5 nitrogen and oxygen atoms in total.